The van der Waals surface area contributed by atoms with Gasteiger partial charge in [-0.3, -0.25) is 0 Å². The number of pyridine rings is 1. The Morgan fingerprint density at radius 2 is 1.81 bits per heavy atom. The first kappa shape index (κ1) is 18.3. The molecule has 3 aromatic rings. The Morgan fingerprint density at radius 1 is 1.04 bits per heavy atom. The number of hydrogen-bond acceptors (Lipinski definition) is 3. The van der Waals surface area contributed by atoms with Crippen LogP contribution in [0.25, 0.3) is 10.8 Å². The molecule has 2 N–H and O–H groups in total. The molecule has 0 saturated carbocycles. The van der Waals surface area contributed by atoms with Crippen LogP contribution in [-0.4, -0.2) is 11.4 Å². The molecule has 1 aliphatic rings. The molecule has 1 atom stereocenters. The summed E-state index contributed by atoms with van der Waals surface area (Å²) in [6.45, 7) is 0. The fourth-order valence-corrected chi connectivity index (χ4v) is 3.05. The third-order valence-electron chi connectivity index (χ3n) is 4.23. The van der Waals surface area contributed by atoms with Crippen molar-refractivity contribution in [3.8, 4) is 0 Å². The summed E-state index contributed by atoms with van der Waals surface area (Å²) < 4.78 is 40.8. The van der Waals surface area contributed by atoms with Crippen LogP contribution in [-0.2, 0) is 11.9 Å². The van der Waals surface area contributed by atoms with Gasteiger partial charge in [-0.25, -0.2) is 4.99 Å². The van der Waals surface area contributed by atoms with Crippen molar-refractivity contribution in [2.75, 3.05) is 5.43 Å². The van der Waals surface area contributed by atoms with E-state index >= 15 is 0 Å². The molecular formula is C18H13BrF3N3O. The zero-order valence-corrected chi connectivity index (χ0v) is 14.8. The molecule has 8 heteroatoms. The molecule has 1 unspecified atom stereocenters. The summed E-state index contributed by atoms with van der Waals surface area (Å²) in [4.78, 5) is 4.08. The third-order valence-corrected chi connectivity index (χ3v) is 4.23. The Kier molecular flexibility index (Phi) is 4.49. The maximum Gasteiger partial charge on any atom is 0.416 e. The van der Waals surface area contributed by atoms with Gasteiger partial charge < -0.3 is 22.1 Å². The number of benzene rings is 2. The van der Waals surface area contributed by atoms with Gasteiger partial charge in [0.1, 0.15) is 6.34 Å². The van der Waals surface area contributed by atoms with Crippen molar-refractivity contribution in [1.82, 2.24) is 0 Å². The first-order valence-corrected chi connectivity index (χ1v) is 7.54. The van der Waals surface area contributed by atoms with Gasteiger partial charge in [0.15, 0.2) is 0 Å². The van der Waals surface area contributed by atoms with Crippen LogP contribution >= 0.6 is 0 Å². The van der Waals surface area contributed by atoms with Crippen molar-refractivity contribution in [2.24, 2.45) is 4.99 Å². The molecule has 0 fully saturated rings. The number of hydrogen-bond donors (Lipinski definition) is 2. The minimum Gasteiger partial charge on any atom is -1.00 e. The molecule has 134 valence electrons. The summed E-state index contributed by atoms with van der Waals surface area (Å²) in [5, 5.41) is 12.8. The van der Waals surface area contributed by atoms with E-state index in [0.717, 1.165) is 17.5 Å². The fraction of sp³-hybridized carbons (Fsp3) is 0.111. The molecule has 0 saturated heterocycles. The molecule has 1 aromatic heterocycles. The molecule has 4 nitrogen and oxygen atoms in total. The maximum atomic E-state index is 13.1. The number of aliphatic imine (C=N–C) groups is 1. The van der Waals surface area contributed by atoms with E-state index in [0.29, 0.717) is 11.1 Å². The summed E-state index contributed by atoms with van der Waals surface area (Å²) in [6.07, 6.45) is -1.54. The highest BCUT2D eigenvalue weighted by atomic mass is 79.9. The number of aliphatic hydroxyl groups is 1. The molecule has 26 heavy (non-hydrogen) atoms. The fourth-order valence-electron chi connectivity index (χ4n) is 3.05. The van der Waals surface area contributed by atoms with Crippen molar-refractivity contribution in [1.29, 1.82) is 0 Å². The van der Waals surface area contributed by atoms with Crippen molar-refractivity contribution < 1.29 is 39.9 Å². The van der Waals surface area contributed by atoms with E-state index in [2.05, 4.69) is 10.4 Å². The first-order chi connectivity index (χ1) is 11.9. The van der Waals surface area contributed by atoms with E-state index in [1.807, 2.05) is 18.2 Å². The predicted molar refractivity (Wildman–Crippen MR) is 86.4 cm³/mol. The summed E-state index contributed by atoms with van der Waals surface area (Å²) in [6, 6.07) is 13.7. The minimum atomic E-state index is -4.50. The van der Waals surface area contributed by atoms with Gasteiger partial charge in [-0.1, -0.05) is 35.0 Å². The van der Waals surface area contributed by atoms with Crippen molar-refractivity contribution in [3.05, 3.63) is 77.6 Å². The highest BCUT2D eigenvalue weighted by Crippen LogP contribution is 2.37. The van der Waals surface area contributed by atoms with Crippen LogP contribution in [0, 0.1) is 0 Å². The lowest BCUT2D eigenvalue weighted by molar-refractivity contribution is -0.655. The molecule has 2 heterocycles. The Labute approximate surface area is 157 Å². The molecule has 0 spiro atoms. The monoisotopic (exact) mass is 423 g/mol. The van der Waals surface area contributed by atoms with Crippen molar-refractivity contribution in [3.63, 3.8) is 0 Å². The maximum absolute atomic E-state index is 13.1. The standard InChI is InChI=1S/C18H13F3N3O.BrH/c19-18(20,21)14-6-3-5-13(10-14)17(25)16-15-7-2-1-4-12(15)8-9-24(16)23-11-22-17;/h1-11,25H,(H,22,23);1H/q+1;/p-1. The lowest BCUT2D eigenvalue weighted by Crippen LogP contribution is -3.00. The van der Waals surface area contributed by atoms with Gasteiger partial charge in [0.2, 0.25) is 6.20 Å². The summed E-state index contributed by atoms with van der Waals surface area (Å²) >= 11 is 0. The molecule has 0 aliphatic carbocycles. The highest BCUT2D eigenvalue weighted by molar-refractivity contribution is 5.85. The quantitative estimate of drug-likeness (QED) is 0.538. The topological polar surface area (TPSA) is 48.5 Å². The van der Waals surface area contributed by atoms with Crippen LogP contribution in [0.3, 0.4) is 0 Å². The number of nitrogens with zero attached hydrogens (tertiary/aromatic N) is 2. The Morgan fingerprint density at radius 3 is 2.58 bits per heavy atom. The van der Waals surface area contributed by atoms with Gasteiger partial charge in [0, 0.05) is 11.6 Å². The summed E-state index contributed by atoms with van der Waals surface area (Å²) in [7, 11) is 0. The number of aromatic nitrogens is 1. The van der Waals surface area contributed by atoms with Crippen LogP contribution in [0.4, 0.5) is 13.2 Å². The molecule has 0 bridgehead atoms. The minimum absolute atomic E-state index is 0. The number of nitrogens with one attached hydrogen (secondary N) is 1. The number of halogens is 4. The van der Waals surface area contributed by atoms with Crippen LogP contribution < -0.4 is 27.1 Å². The second kappa shape index (κ2) is 6.37. The normalized spacial score (nSPS) is 18.8. The Bertz CT molecular complexity index is 1010. The van der Waals surface area contributed by atoms with E-state index in [-0.39, 0.29) is 22.5 Å². The van der Waals surface area contributed by atoms with E-state index in [1.165, 1.54) is 18.5 Å². The Hall–Kier alpha value is -2.45. The van der Waals surface area contributed by atoms with E-state index in [9.17, 15) is 18.3 Å². The number of alkyl halides is 3. The first-order valence-electron chi connectivity index (χ1n) is 7.54. The van der Waals surface area contributed by atoms with Crippen LogP contribution in [0.1, 0.15) is 16.8 Å². The van der Waals surface area contributed by atoms with Gasteiger partial charge in [-0.2, -0.15) is 13.2 Å². The van der Waals surface area contributed by atoms with Gasteiger partial charge in [0.25, 0.3) is 11.4 Å². The van der Waals surface area contributed by atoms with Gasteiger partial charge in [-0.05, 0) is 23.6 Å². The van der Waals surface area contributed by atoms with Gasteiger partial charge in [0.05, 0.1) is 10.9 Å². The van der Waals surface area contributed by atoms with Crippen LogP contribution in [0.5, 0.6) is 0 Å². The zero-order valence-electron chi connectivity index (χ0n) is 13.2. The largest absolute Gasteiger partial charge is 1.00 e. The number of rotatable bonds is 1. The van der Waals surface area contributed by atoms with Gasteiger partial charge >= 0.3 is 6.18 Å². The third kappa shape index (κ3) is 2.85. The predicted octanol–water partition coefficient (Wildman–Crippen LogP) is -0.0711. The molecule has 0 radical (unpaired) electrons. The molecule has 1 aliphatic heterocycles. The van der Waals surface area contributed by atoms with Crippen LogP contribution in [0.15, 0.2) is 65.8 Å². The molecule has 0 amide bonds. The van der Waals surface area contributed by atoms with Crippen LogP contribution in [0.2, 0.25) is 0 Å². The molecule has 2 aromatic carbocycles. The van der Waals surface area contributed by atoms with E-state index in [1.54, 1.807) is 23.0 Å². The van der Waals surface area contributed by atoms with Crippen molar-refractivity contribution >= 4 is 17.1 Å². The summed E-state index contributed by atoms with van der Waals surface area (Å²) in [5.41, 5.74) is 0.496. The lowest BCUT2D eigenvalue weighted by Gasteiger charge is -2.26. The van der Waals surface area contributed by atoms with Gasteiger partial charge in [-0.15, -0.1) is 5.43 Å². The zero-order chi connectivity index (χ0) is 17.7. The number of fused-ring (bicyclic) bond motifs is 3. The summed E-state index contributed by atoms with van der Waals surface area (Å²) in [5.74, 6) is 0. The molecule has 4 rings (SSSR count). The molecular weight excluding hydrogens is 411 g/mol. The van der Waals surface area contributed by atoms with E-state index < -0.39 is 17.5 Å². The highest BCUT2D eigenvalue weighted by Gasteiger charge is 2.45. The second-order valence-electron chi connectivity index (χ2n) is 5.76. The Balaban J connectivity index is 0.00000196. The smallest absolute Gasteiger partial charge is 0.416 e. The average Bonchev–Trinajstić information content (AvgIpc) is 2.61. The SMILES string of the molecule is OC1(c2cccc(C(F)(F)F)c2)N=CN[n+]2ccc3ccccc3c21.[Br-]. The van der Waals surface area contributed by atoms with E-state index in [4.69, 9.17) is 0 Å². The second-order valence-corrected chi connectivity index (χ2v) is 5.76. The van der Waals surface area contributed by atoms with Crippen molar-refractivity contribution in [2.45, 2.75) is 11.9 Å². The lowest BCUT2D eigenvalue weighted by atomic mass is 9.93. The average molecular weight is 424 g/mol.